The molecule has 0 aliphatic carbocycles. The van der Waals surface area contributed by atoms with Crippen molar-refractivity contribution in [2.75, 3.05) is 0 Å². The van der Waals surface area contributed by atoms with Crippen LogP contribution in [0, 0.1) is 0 Å². The van der Waals surface area contributed by atoms with Crippen LogP contribution in [0.5, 0.6) is 0 Å². The predicted molar refractivity (Wildman–Crippen MR) is 54.7 cm³/mol. The number of hydrogen-bond acceptors (Lipinski definition) is 5. The third-order valence-corrected chi connectivity index (χ3v) is 2.29. The molecular formula is C9H7N3OS. The van der Waals surface area contributed by atoms with Gasteiger partial charge in [0, 0.05) is 5.56 Å². The Morgan fingerprint density at radius 1 is 1.29 bits per heavy atom. The van der Waals surface area contributed by atoms with Crippen molar-refractivity contribution in [3.63, 3.8) is 0 Å². The first-order valence-electron chi connectivity index (χ1n) is 3.97. The van der Waals surface area contributed by atoms with Crippen LogP contribution in [-0.2, 0) is 0 Å². The fourth-order valence-corrected chi connectivity index (χ4v) is 1.59. The summed E-state index contributed by atoms with van der Waals surface area (Å²) in [4.78, 5) is 4.17. The number of hydrogen-bond donors (Lipinski definition) is 1. The average Bonchev–Trinajstić information content (AvgIpc) is 2.68. The SMILES string of the molecule is O/N=C/c1nc(-c2ccccc2)ns1. The summed E-state index contributed by atoms with van der Waals surface area (Å²) in [6, 6.07) is 9.65. The number of rotatable bonds is 2. The zero-order chi connectivity index (χ0) is 9.80. The fraction of sp³-hybridized carbons (Fsp3) is 0. The van der Waals surface area contributed by atoms with E-state index in [1.54, 1.807) is 0 Å². The Morgan fingerprint density at radius 3 is 2.79 bits per heavy atom. The van der Waals surface area contributed by atoms with Crippen LogP contribution in [0.3, 0.4) is 0 Å². The maximum Gasteiger partial charge on any atom is 0.173 e. The molecule has 0 bridgehead atoms. The fourth-order valence-electron chi connectivity index (χ4n) is 1.04. The Hall–Kier alpha value is -1.75. The molecule has 0 unspecified atom stereocenters. The standard InChI is InChI=1S/C9H7N3OS/c13-10-6-8-11-9(12-14-8)7-4-2-1-3-5-7/h1-6,13H/b10-6+. The molecule has 4 nitrogen and oxygen atoms in total. The normalized spacial score (nSPS) is 10.9. The smallest absolute Gasteiger partial charge is 0.173 e. The van der Waals surface area contributed by atoms with E-state index in [9.17, 15) is 0 Å². The molecule has 0 radical (unpaired) electrons. The van der Waals surface area contributed by atoms with E-state index in [1.165, 1.54) is 17.7 Å². The Kier molecular flexibility index (Phi) is 2.51. The molecule has 0 aliphatic heterocycles. The van der Waals surface area contributed by atoms with Crippen LogP contribution in [0.1, 0.15) is 5.01 Å². The molecule has 1 aromatic carbocycles. The molecule has 14 heavy (non-hydrogen) atoms. The minimum absolute atomic E-state index is 0.589. The summed E-state index contributed by atoms with van der Waals surface area (Å²) in [5, 5.41) is 11.8. The third kappa shape index (κ3) is 1.77. The maximum atomic E-state index is 8.31. The van der Waals surface area contributed by atoms with Crippen LogP contribution < -0.4 is 0 Å². The van der Waals surface area contributed by atoms with Gasteiger partial charge in [-0.3, -0.25) is 0 Å². The second-order valence-corrected chi connectivity index (χ2v) is 3.35. The Balaban J connectivity index is 2.34. The molecule has 1 heterocycles. The number of aromatic nitrogens is 2. The number of oxime groups is 1. The van der Waals surface area contributed by atoms with E-state index in [-0.39, 0.29) is 0 Å². The first kappa shape index (κ1) is 8.83. The molecule has 0 amide bonds. The van der Waals surface area contributed by atoms with Crippen molar-refractivity contribution in [1.29, 1.82) is 0 Å². The van der Waals surface area contributed by atoms with Crippen LogP contribution in [0.15, 0.2) is 35.5 Å². The largest absolute Gasteiger partial charge is 0.411 e. The number of nitrogens with zero attached hydrogens (tertiary/aromatic N) is 3. The van der Waals surface area contributed by atoms with Crippen molar-refractivity contribution in [3.05, 3.63) is 35.3 Å². The van der Waals surface area contributed by atoms with Gasteiger partial charge in [0.05, 0.1) is 0 Å². The quantitative estimate of drug-likeness (QED) is 0.463. The zero-order valence-corrected chi connectivity index (χ0v) is 7.98. The van der Waals surface area contributed by atoms with Gasteiger partial charge in [0.2, 0.25) is 0 Å². The van der Waals surface area contributed by atoms with Gasteiger partial charge < -0.3 is 5.21 Å². The molecule has 1 aromatic heterocycles. The van der Waals surface area contributed by atoms with Gasteiger partial charge in [-0.1, -0.05) is 35.5 Å². The highest BCUT2D eigenvalue weighted by Gasteiger charge is 2.03. The van der Waals surface area contributed by atoms with Crippen LogP contribution in [0.4, 0.5) is 0 Å². The van der Waals surface area contributed by atoms with E-state index in [2.05, 4.69) is 14.5 Å². The average molecular weight is 205 g/mol. The highest BCUT2D eigenvalue weighted by molar-refractivity contribution is 7.07. The molecule has 0 atom stereocenters. The van der Waals surface area contributed by atoms with E-state index in [1.807, 2.05) is 30.3 Å². The van der Waals surface area contributed by atoms with Gasteiger partial charge in [-0.2, -0.15) is 4.37 Å². The monoisotopic (exact) mass is 205 g/mol. The lowest BCUT2D eigenvalue weighted by molar-refractivity contribution is 0.322. The minimum Gasteiger partial charge on any atom is -0.411 e. The van der Waals surface area contributed by atoms with Crippen LogP contribution in [-0.4, -0.2) is 20.8 Å². The highest BCUT2D eigenvalue weighted by atomic mass is 32.1. The Morgan fingerprint density at radius 2 is 2.07 bits per heavy atom. The van der Waals surface area contributed by atoms with E-state index < -0.39 is 0 Å². The molecule has 0 spiro atoms. The van der Waals surface area contributed by atoms with Crippen LogP contribution >= 0.6 is 11.5 Å². The maximum absolute atomic E-state index is 8.31. The van der Waals surface area contributed by atoms with Gasteiger partial charge >= 0.3 is 0 Å². The van der Waals surface area contributed by atoms with Gasteiger partial charge in [0.15, 0.2) is 10.8 Å². The molecule has 0 saturated heterocycles. The molecule has 0 fully saturated rings. The van der Waals surface area contributed by atoms with Gasteiger partial charge in [-0.15, -0.1) is 0 Å². The second kappa shape index (κ2) is 3.97. The first-order chi connectivity index (χ1) is 6.90. The minimum atomic E-state index is 0.589. The second-order valence-electron chi connectivity index (χ2n) is 2.57. The van der Waals surface area contributed by atoms with Crippen molar-refractivity contribution in [3.8, 4) is 11.4 Å². The van der Waals surface area contributed by atoms with Crippen molar-refractivity contribution < 1.29 is 5.21 Å². The Bertz CT molecular complexity index is 438. The molecule has 0 aliphatic rings. The third-order valence-electron chi connectivity index (χ3n) is 1.64. The lowest BCUT2D eigenvalue weighted by atomic mass is 10.2. The summed E-state index contributed by atoms with van der Waals surface area (Å²) in [5.74, 6) is 0.658. The van der Waals surface area contributed by atoms with E-state index >= 15 is 0 Å². The van der Waals surface area contributed by atoms with Gasteiger partial charge in [-0.25, -0.2) is 4.98 Å². The van der Waals surface area contributed by atoms with Gasteiger partial charge in [0.25, 0.3) is 0 Å². The molecule has 1 N–H and O–H groups in total. The van der Waals surface area contributed by atoms with Crippen molar-refractivity contribution in [2.45, 2.75) is 0 Å². The predicted octanol–water partition coefficient (Wildman–Crippen LogP) is 2.01. The van der Waals surface area contributed by atoms with Gasteiger partial charge in [-0.05, 0) is 11.5 Å². The zero-order valence-electron chi connectivity index (χ0n) is 7.16. The molecular weight excluding hydrogens is 198 g/mol. The molecule has 5 heteroatoms. The van der Waals surface area contributed by atoms with E-state index in [0.29, 0.717) is 10.8 Å². The highest BCUT2D eigenvalue weighted by Crippen LogP contribution is 2.16. The molecule has 2 aromatic rings. The number of benzene rings is 1. The van der Waals surface area contributed by atoms with Crippen molar-refractivity contribution in [2.24, 2.45) is 5.16 Å². The summed E-state index contributed by atoms with van der Waals surface area (Å²) < 4.78 is 4.13. The summed E-state index contributed by atoms with van der Waals surface area (Å²) in [5.41, 5.74) is 0.960. The Labute approximate surface area is 84.7 Å². The summed E-state index contributed by atoms with van der Waals surface area (Å²) in [6.45, 7) is 0. The molecule has 0 saturated carbocycles. The molecule has 2 rings (SSSR count). The van der Waals surface area contributed by atoms with Crippen LogP contribution in [0.25, 0.3) is 11.4 Å². The summed E-state index contributed by atoms with van der Waals surface area (Å²) in [6.07, 6.45) is 1.27. The summed E-state index contributed by atoms with van der Waals surface area (Å²) in [7, 11) is 0. The van der Waals surface area contributed by atoms with Crippen LogP contribution in [0.2, 0.25) is 0 Å². The lowest BCUT2D eigenvalue weighted by Crippen LogP contribution is -1.81. The van der Waals surface area contributed by atoms with Gasteiger partial charge in [0.1, 0.15) is 6.21 Å². The molecule has 70 valence electrons. The summed E-state index contributed by atoms with van der Waals surface area (Å²) >= 11 is 1.20. The lowest BCUT2D eigenvalue weighted by Gasteiger charge is -1.91. The van der Waals surface area contributed by atoms with Crippen molar-refractivity contribution >= 4 is 17.7 Å². The first-order valence-corrected chi connectivity index (χ1v) is 4.74. The van der Waals surface area contributed by atoms with Crippen molar-refractivity contribution in [1.82, 2.24) is 9.36 Å². The van der Waals surface area contributed by atoms with E-state index in [0.717, 1.165) is 5.56 Å². The topological polar surface area (TPSA) is 58.4 Å². The van der Waals surface area contributed by atoms with E-state index in [4.69, 9.17) is 5.21 Å².